The van der Waals surface area contributed by atoms with E-state index in [1.54, 1.807) is 0 Å². The van der Waals surface area contributed by atoms with E-state index < -0.39 is 0 Å². The molecule has 3 N–H and O–H groups in total. The zero-order valence-electron chi connectivity index (χ0n) is 20.9. The van der Waals surface area contributed by atoms with Gasteiger partial charge in [-0.05, 0) is 69.0 Å². The molecule has 0 bridgehead atoms. The summed E-state index contributed by atoms with van der Waals surface area (Å²) in [6, 6.07) is 13.5. The molecule has 34 heavy (non-hydrogen) atoms. The largest absolute Gasteiger partial charge is 0.387 e. The summed E-state index contributed by atoms with van der Waals surface area (Å²) in [5.41, 5.74) is 10.6. The fourth-order valence-electron chi connectivity index (χ4n) is 4.02. The number of amides is 2. The molecule has 0 spiro atoms. The van der Waals surface area contributed by atoms with Crippen LogP contribution in [0.5, 0.6) is 0 Å². The number of hydrogen-bond donors (Lipinski definition) is 2. The topological polar surface area (TPSA) is 87.8 Å². The van der Waals surface area contributed by atoms with Crippen molar-refractivity contribution in [3.8, 4) is 11.1 Å². The lowest BCUT2D eigenvalue weighted by Gasteiger charge is -2.22. The Balaban J connectivity index is 1.94. The van der Waals surface area contributed by atoms with E-state index >= 15 is 0 Å². The first-order valence-electron chi connectivity index (χ1n) is 12.0. The molecule has 180 valence electrons. The molecular formula is C28H36N4O2. The first-order valence-corrected chi connectivity index (χ1v) is 12.0. The van der Waals surface area contributed by atoms with Crippen molar-refractivity contribution in [2.75, 3.05) is 13.1 Å². The lowest BCUT2D eigenvalue weighted by molar-refractivity contribution is -0.127. The smallest absolute Gasteiger partial charge is 0.251 e. The average molecular weight is 461 g/mol. The van der Waals surface area contributed by atoms with Gasteiger partial charge < -0.3 is 16.0 Å². The van der Waals surface area contributed by atoms with Gasteiger partial charge in [-0.2, -0.15) is 0 Å². The Morgan fingerprint density at radius 2 is 1.71 bits per heavy atom. The van der Waals surface area contributed by atoms with Crippen molar-refractivity contribution in [3.63, 3.8) is 0 Å². The number of nitrogens with two attached hydrogens (primary N) is 1. The van der Waals surface area contributed by atoms with Crippen molar-refractivity contribution in [3.05, 3.63) is 59.2 Å². The number of benzene rings is 2. The molecule has 0 unspecified atom stereocenters. The second-order valence-corrected chi connectivity index (χ2v) is 9.80. The SMILES string of the molecule is CCCN(CCC)C(=O)C1=Cc2ccc(-c3cccc(C(=O)NC(C)(C)C)c3)cc2N=C(N)C1. The normalized spacial score (nSPS) is 13.3. The van der Waals surface area contributed by atoms with Crippen LogP contribution in [0.4, 0.5) is 5.69 Å². The fourth-order valence-corrected chi connectivity index (χ4v) is 4.02. The van der Waals surface area contributed by atoms with Crippen LogP contribution in [0, 0.1) is 0 Å². The van der Waals surface area contributed by atoms with Crippen molar-refractivity contribution < 1.29 is 9.59 Å². The van der Waals surface area contributed by atoms with E-state index in [9.17, 15) is 9.59 Å². The summed E-state index contributed by atoms with van der Waals surface area (Å²) in [6.45, 7) is 11.5. The van der Waals surface area contributed by atoms with Crippen molar-refractivity contribution in [1.82, 2.24) is 10.2 Å². The minimum atomic E-state index is -0.311. The van der Waals surface area contributed by atoms with Crippen molar-refractivity contribution in [1.29, 1.82) is 0 Å². The maximum absolute atomic E-state index is 13.2. The standard InChI is InChI=1S/C28H36N4O2/c1-6-13-32(14-7-2)27(34)23-16-21-12-11-20(17-24(21)30-25(29)18-23)19-9-8-10-22(15-19)26(33)31-28(3,4)5/h8-12,15-17H,6-7,13-14,18H2,1-5H3,(H2,29,30)(H,31,33). The molecule has 6 nitrogen and oxygen atoms in total. The van der Waals surface area contributed by atoms with Gasteiger partial charge in [0.1, 0.15) is 5.84 Å². The van der Waals surface area contributed by atoms with Crippen molar-refractivity contribution in [2.24, 2.45) is 10.7 Å². The zero-order valence-corrected chi connectivity index (χ0v) is 20.9. The summed E-state index contributed by atoms with van der Waals surface area (Å²) in [7, 11) is 0. The van der Waals surface area contributed by atoms with E-state index in [-0.39, 0.29) is 17.4 Å². The van der Waals surface area contributed by atoms with Gasteiger partial charge in [0.25, 0.3) is 5.91 Å². The molecular weight excluding hydrogens is 424 g/mol. The first-order chi connectivity index (χ1) is 16.1. The summed E-state index contributed by atoms with van der Waals surface area (Å²) in [5, 5.41) is 3.00. The Bertz CT molecular complexity index is 1120. The third kappa shape index (κ3) is 6.34. The van der Waals surface area contributed by atoms with Gasteiger partial charge in [-0.1, -0.05) is 38.1 Å². The predicted molar refractivity (Wildman–Crippen MR) is 140 cm³/mol. The highest BCUT2D eigenvalue weighted by molar-refractivity contribution is 6.05. The molecule has 1 heterocycles. The molecule has 2 amide bonds. The molecule has 0 fully saturated rings. The van der Waals surface area contributed by atoms with Gasteiger partial charge >= 0.3 is 0 Å². The molecule has 6 heteroatoms. The van der Waals surface area contributed by atoms with Crippen LogP contribution in [0.3, 0.4) is 0 Å². The lowest BCUT2D eigenvalue weighted by Crippen LogP contribution is -2.40. The number of amidine groups is 1. The number of nitrogens with zero attached hydrogens (tertiary/aromatic N) is 2. The highest BCUT2D eigenvalue weighted by Gasteiger charge is 2.21. The number of nitrogens with one attached hydrogen (secondary N) is 1. The van der Waals surface area contributed by atoms with Gasteiger partial charge in [0.2, 0.25) is 5.91 Å². The molecule has 2 aromatic carbocycles. The molecule has 2 aromatic rings. The number of rotatable bonds is 7. The van der Waals surface area contributed by atoms with Gasteiger partial charge in [-0.25, -0.2) is 4.99 Å². The maximum Gasteiger partial charge on any atom is 0.251 e. The molecule has 0 radical (unpaired) electrons. The van der Waals surface area contributed by atoms with Gasteiger partial charge in [-0.3, -0.25) is 9.59 Å². The van der Waals surface area contributed by atoms with Crippen LogP contribution in [0.25, 0.3) is 17.2 Å². The molecule has 1 aliphatic rings. The Labute approximate surface area is 203 Å². The van der Waals surface area contributed by atoms with Crippen LogP contribution in [0.1, 0.15) is 69.8 Å². The van der Waals surface area contributed by atoms with E-state index in [0.29, 0.717) is 23.4 Å². The predicted octanol–water partition coefficient (Wildman–Crippen LogP) is 5.31. The summed E-state index contributed by atoms with van der Waals surface area (Å²) in [6.07, 6.45) is 4.07. The maximum atomic E-state index is 13.2. The highest BCUT2D eigenvalue weighted by atomic mass is 16.2. The number of aliphatic imine (C=N–C) groups is 1. The summed E-state index contributed by atoms with van der Waals surface area (Å²) in [5.74, 6) is 0.333. The summed E-state index contributed by atoms with van der Waals surface area (Å²) in [4.78, 5) is 32.3. The van der Waals surface area contributed by atoms with Crippen molar-refractivity contribution >= 4 is 29.4 Å². The van der Waals surface area contributed by atoms with E-state index in [0.717, 1.165) is 48.3 Å². The molecule has 3 rings (SSSR count). The number of carbonyl (C=O) groups is 2. The Morgan fingerprint density at radius 3 is 2.35 bits per heavy atom. The van der Waals surface area contributed by atoms with Crippen LogP contribution in [-0.4, -0.2) is 41.2 Å². The van der Waals surface area contributed by atoms with E-state index in [1.165, 1.54) is 0 Å². The quantitative estimate of drug-likeness (QED) is 0.587. The monoisotopic (exact) mass is 460 g/mol. The second-order valence-electron chi connectivity index (χ2n) is 9.80. The zero-order chi connectivity index (χ0) is 24.9. The van der Waals surface area contributed by atoms with Crippen molar-refractivity contribution in [2.45, 2.75) is 59.4 Å². The first kappa shape index (κ1) is 25.2. The van der Waals surface area contributed by atoms with Gasteiger partial charge in [0.05, 0.1) is 5.69 Å². The molecule has 1 aliphatic heterocycles. The molecule has 0 saturated carbocycles. The minimum Gasteiger partial charge on any atom is -0.387 e. The molecule has 0 aromatic heterocycles. The van der Waals surface area contributed by atoms with Gasteiger partial charge in [0.15, 0.2) is 0 Å². The third-order valence-electron chi connectivity index (χ3n) is 5.49. The minimum absolute atomic E-state index is 0.0244. The van der Waals surface area contributed by atoms with Crippen LogP contribution in [0.2, 0.25) is 0 Å². The molecule has 0 atom stereocenters. The Hall–Kier alpha value is -3.41. The lowest BCUT2D eigenvalue weighted by atomic mass is 9.99. The van der Waals surface area contributed by atoms with Gasteiger partial charge in [0, 0.05) is 41.7 Å². The second kappa shape index (κ2) is 10.7. The molecule has 0 saturated heterocycles. The highest BCUT2D eigenvalue weighted by Crippen LogP contribution is 2.32. The Kier molecular flexibility index (Phi) is 7.92. The fraction of sp³-hybridized carbons (Fsp3) is 0.393. The van der Waals surface area contributed by atoms with E-state index in [2.05, 4.69) is 24.2 Å². The van der Waals surface area contributed by atoms with Crippen LogP contribution in [-0.2, 0) is 4.79 Å². The Morgan fingerprint density at radius 1 is 1.03 bits per heavy atom. The number of fused-ring (bicyclic) bond motifs is 1. The van der Waals surface area contributed by atoms with Crippen LogP contribution < -0.4 is 11.1 Å². The van der Waals surface area contributed by atoms with Crippen LogP contribution in [0.15, 0.2) is 53.0 Å². The number of carbonyl (C=O) groups excluding carboxylic acids is 2. The molecule has 0 aliphatic carbocycles. The van der Waals surface area contributed by atoms with E-state index in [4.69, 9.17) is 5.73 Å². The summed E-state index contributed by atoms with van der Waals surface area (Å²) < 4.78 is 0. The summed E-state index contributed by atoms with van der Waals surface area (Å²) >= 11 is 0. The number of hydrogen-bond acceptors (Lipinski definition) is 4. The van der Waals surface area contributed by atoms with E-state index in [1.807, 2.05) is 74.2 Å². The average Bonchev–Trinajstić information content (AvgIpc) is 2.94. The third-order valence-corrected chi connectivity index (χ3v) is 5.49. The van der Waals surface area contributed by atoms with Gasteiger partial charge in [-0.15, -0.1) is 0 Å². The van der Waals surface area contributed by atoms with Crippen LogP contribution >= 0.6 is 0 Å².